The molecular weight excluding hydrogens is 384 g/mol. The van der Waals surface area contributed by atoms with Crippen molar-refractivity contribution in [1.82, 2.24) is 14.8 Å². The summed E-state index contributed by atoms with van der Waals surface area (Å²) >= 11 is 0. The molecule has 0 spiro atoms. The first-order chi connectivity index (χ1) is 14.6. The monoisotopic (exact) mass is 408 g/mol. The predicted molar refractivity (Wildman–Crippen MR) is 110 cm³/mol. The second kappa shape index (κ2) is 9.04. The highest BCUT2D eigenvalue weighted by Gasteiger charge is 2.31. The molecule has 3 heterocycles. The summed E-state index contributed by atoms with van der Waals surface area (Å²) in [5.41, 5.74) is 1.49. The zero-order valence-electron chi connectivity index (χ0n) is 16.6. The van der Waals surface area contributed by atoms with E-state index in [1.807, 2.05) is 0 Å². The summed E-state index contributed by atoms with van der Waals surface area (Å²) in [6.07, 6.45) is 4.46. The third-order valence-corrected chi connectivity index (χ3v) is 5.37. The van der Waals surface area contributed by atoms with Gasteiger partial charge in [0.2, 0.25) is 0 Å². The van der Waals surface area contributed by atoms with Crippen LogP contribution >= 0.6 is 0 Å². The number of anilines is 1. The lowest BCUT2D eigenvalue weighted by Gasteiger charge is -2.35. The summed E-state index contributed by atoms with van der Waals surface area (Å²) in [6, 6.07) is 10.2. The minimum atomic E-state index is -0.327. The number of ether oxygens (including phenoxy) is 1. The molecule has 1 N–H and O–H groups in total. The van der Waals surface area contributed by atoms with E-state index < -0.39 is 0 Å². The molecule has 2 saturated heterocycles. The van der Waals surface area contributed by atoms with Gasteiger partial charge in [-0.3, -0.25) is 19.4 Å². The third kappa shape index (κ3) is 4.49. The van der Waals surface area contributed by atoms with Crippen LogP contribution in [0.1, 0.15) is 33.6 Å². The van der Waals surface area contributed by atoms with Crippen LogP contribution in [-0.2, 0) is 9.53 Å². The van der Waals surface area contributed by atoms with E-state index in [1.165, 1.54) is 6.20 Å². The van der Waals surface area contributed by atoms with Crippen molar-refractivity contribution in [1.29, 1.82) is 0 Å². The Kier molecular flexibility index (Phi) is 6.04. The number of nitrogens with one attached hydrogen (secondary N) is 1. The Bertz CT molecular complexity index is 920. The molecule has 2 aliphatic rings. The van der Waals surface area contributed by atoms with Gasteiger partial charge in [0.15, 0.2) is 0 Å². The van der Waals surface area contributed by atoms with Crippen molar-refractivity contribution < 1.29 is 19.1 Å². The molecule has 1 atom stereocenters. The predicted octanol–water partition coefficient (Wildman–Crippen LogP) is 1.80. The zero-order chi connectivity index (χ0) is 20.9. The quantitative estimate of drug-likeness (QED) is 0.833. The van der Waals surface area contributed by atoms with Crippen LogP contribution in [0.25, 0.3) is 0 Å². The molecule has 0 aliphatic carbocycles. The average Bonchev–Trinajstić information content (AvgIpc) is 3.34. The second-order valence-electron chi connectivity index (χ2n) is 7.40. The highest BCUT2D eigenvalue weighted by molar-refractivity contribution is 6.05. The fourth-order valence-electron chi connectivity index (χ4n) is 3.72. The van der Waals surface area contributed by atoms with Crippen LogP contribution < -0.4 is 5.32 Å². The summed E-state index contributed by atoms with van der Waals surface area (Å²) < 4.78 is 5.48. The first-order valence-corrected chi connectivity index (χ1v) is 10.1. The van der Waals surface area contributed by atoms with E-state index in [0.29, 0.717) is 49.6 Å². The number of amides is 3. The molecule has 3 amide bonds. The summed E-state index contributed by atoms with van der Waals surface area (Å²) in [5.74, 6) is -0.370. The van der Waals surface area contributed by atoms with Crippen molar-refractivity contribution >= 4 is 23.4 Å². The van der Waals surface area contributed by atoms with Crippen LogP contribution in [0.2, 0.25) is 0 Å². The number of aromatic nitrogens is 1. The minimum Gasteiger partial charge on any atom is -0.368 e. The standard InChI is InChI=1S/C22H24N4O4/c27-20(17-5-2-8-23-15-17)24-18-6-1-4-16(14-18)21(28)25-9-11-26(12-10-25)22(29)19-7-3-13-30-19/h1-2,4-6,8,14-15,19H,3,7,9-13H2,(H,24,27). The lowest BCUT2D eigenvalue weighted by Crippen LogP contribution is -2.52. The van der Waals surface area contributed by atoms with Crippen molar-refractivity contribution in [3.63, 3.8) is 0 Å². The highest BCUT2D eigenvalue weighted by Crippen LogP contribution is 2.18. The molecule has 0 saturated carbocycles. The maximum atomic E-state index is 12.9. The van der Waals surface area contributed by atoms with E-state index in [0.717, 1.165) is 12.8 Å². The van der Waals surface area contributed by atoms with Gasteiger partial charge in [0.25, 0.3) is 17.7 Å². The molecule has 2 aromatic rings. The van der Waals surface area contributed by atoms with E-state index in [9.17, 15) is 14.4 Å². The van der Waals surface area contributed by atoms with Crippen molar-refractivity contribution in [2.75, 3.05) is 38.1 Å². The average molecular weight is 408 g/mol. The first-order valence-electron chi connectivity index (χ1n) is 10.1. The molecule has 1 unspecified atom stereocenters. The molecular formula is C22H24N4O4. The minimum absolute atomic E-state index is 0.0275. The van der Waals surface area contributed by atoms with Crippen molar-refractivity contribution in [2.24, 2.45) is 0 Å². The van der Waals surface area contributed by atoms with Gasteiger partial charge >= 0.3 is 0 Å². The molecule has 0 bridgehead atoms. The van der Waals surface area contributed by atoms with Gasteiger partial charge in [-0.25, -0.2) is 0 Å². The van der Waals surface area contributed by atoms with Crippen molar-refractivity contribution in [2.45, 2.75) is 18.9 Å². The van der Waals surface area contributed by atoms with E-state index >= 15 is 0 Å². The van der Waals surface area contributed by atoms with E-state index in [4.69, 9.17) is 4.74 Å². The van der Waals surface area contributed by atoms with Gasteiger partial charge in [0.1, 0.15) is 6.10 Å². The summed E-state index contributed by atoms with van der Waals surface area (Å²) in [4.78, 5) is 45.2. The number of pyridine rings is 1. The number of hydrogen-bond donors (Lipinski definition) is 1. The van der Waals surface area contributed by atoms with Gasteiger partial charge in [-0.05, 0) is 43.2 Å². The van der Waals surface area contributed by atoms with Gasteiger partial charge in [-0.2, -0.15) is 0 Å². The van der Waals surface area contributed by atoms with Crippen LogP contribution in [0.5, 0.6) is 0 Å². The molecule has 4 rings (SSSR count). The number of carbonyl (C=O) groups is 3. The Morgan fingerprint density at radius 1 is 1.00 bits per heavy atom. The number of rotatable bonds is 4. The van der Waals surface area contributed by atoms with Gasteiger partial charge in [0.05, 0.1) is 5.56 Å². The normalized spacial score (nSPS) is 18.9. The molecule has 8 nitrogen and oxygen atoms in total. The lowest BCUT2D eigenvalue weighted by atomic mass is 10.1. The first kappa shape index (κ1) is 20.0. The Labute approximate surface area is 174 Å². The highest BCUT2D eigenvalue weighted by atomic mass is 16.5. The van der Waals surface area contributed by atoms with Crippen LogP contribution in [0, 0.1) is 0 Å². The zero-order valence-corrected chi connectivity index (χ0v) is 16.6. The Balaban J connectivity index is 1.35. The Morgan fingerprint density at radius 3 is 2.47 bits per heavy atom. The fourth-order valence-corrected chi connectivity index (χ4v) is 3.72. The number of benzene rings is 1. The SMILES string of the molecule is O=C(Nc1cccc(C(=O)N2CCN(C(=O)C3CCCO3)CC2)c1)c1cccnc1. The number of piperazine rings is 1. The summed E-state index contributed by atoms with van der Waals surface area (Å²) in [5, 5.41) is 2.79. The van der Waals surface area contributed by atoms with E-state index in [-0.39, 0.29) is 23.8 Å². The van der Waals surface area contributed by atoms with Crippen LogP contribution in [-0.4, -0.2) is 71.4 Å². The Hall–Kier alpha value is -3.26. The number of nitrogens with zero attached hydrogens (tertiary/aromatic N) is 3. The van der Waals surface area contributed by atoms with Crippen LogP contribution in [0.3, 0.4) is 0 Å². The van der Waals surface area contributed by atoms with E-state index in [1.54, 1.807) is 52.4 Å². The fraction of sp³-hybridized carbons (Fsp3) is 0.364. The summed E-state index contributed by atoms with van der Waals surface area (Å²) in [6.45, 7) is 2.60. The van der Waals surface area contributed by atoms with Crippen LogP contribution in [0.15, 0.2) is 48.8 Å². The van der Waals surface area contributed by atoms with Gasteiger partial charge in [0, 0.05) is 56.4 Å². The molecule has 30 heavy (non-hydrogen) atoms. The van der Waals surface area contributed by atoms with E-state index in [2.05, 4.69) is 10.3 Å². The molecule has 2 fully saturated rings. The number of hydrogen-bond acceptors (Lipinski definition) is 5. The molecule has 0 radical (unpaired) electrons. The van der Waals surface area contributed by atoms with Gasteiger partial charge in [-0.1, -0.05) is 6.07 Å². The summed E-state index contributed by atoms with van der Waals surface area (Å²) in [7, 11) is 0. The topological polar surface area (TPSA) is 91.8 Å². The second-order valence-corrected chi connectivity index (χ2v) is 7.40. The Morgan fingerprint density at radius 2 is 1.77 bits per heavy atom. The molecule has 8 heteroatoms. The molecule has 2 aliphatic heterocycles. The largest absolute Gasteiger partial charge is 0.368 e. The maximum Gasteiger partial charge on any atom is 0.257 e. The molecule has 1 aromatic heterocycles. The molecule has 1 aromatic carbocycles. The number of carbonyl (C=O) groups excluding carboxylic acids is 3. The molecule has 156 valence electrons. The lowest BCUT2D eigenvalue weighted by molar-refractivity contribution is -0.142. The van der Waals surface area contributed by atoms with Gasteiger partial charge < -0.3 is 19.9 Å². The third-order valence-electron chi connectivity index (χ3n) is 5.37. The maximum absolute atomic E-state index is 12.9. The van der Waals surface area contributed by atoms with Gasteiger partial charge in [-0.15, -0.1) is 0 Å². The smallest absolute Gasteiger partial charge is 0.257 e. The van der Waals surface area contributed by atoms with Crippen LogP contribution in [0.4, 0.5) is 5.69 Å². The van der Waals surface area contributed by atoms with Crippen molar-refractivity contribution in [3.05, 3.63) is 59.9 Å². The van der Waals surface area contributed by atoms with Crippen molar-refractivity contribution in [3.8, 4) is 0 Å².